The summed E-state index contributed by atoms with van der Waals surface area (Å²) in [5.41, 5.74) is 1.02. The minimum Gasteiger partial charge on any atom is -0.478 e. The smallest absolute Gasteiger partial charge is 0.276 e. The first-order chi connectivity index (χ1) is 9.24. The Labute approximate surface area is 116 Å². The lowest BCUT2D eigenvalue weighted by Gasteiger charge is -2.13. The molecule has 1 aliphatic rings. The molecule has 0 atom stereocenters. The Morgan fingerprint density at radius 2 is 2.26 bits per heavy atom. The van der Waals surface area contributed by atoms with Crippen molar-refractivity contribution >= 4 is 24.2 Å². The third-order valence-electron chi connectivity index (χ3n) is 2.89. The topological polar surface area (TPSA) is 56.2 Å². The van der Waals surface area contributed by atoms with Crippen LogP contribution in [0.15, 0.2) is 35.2 Å². The van der Waals surface area contributed by atoms with E-state index in [1.807, 2.05) is 18.2 Å². The Balaban J connectivity index is 1.81. The zero-order valence-electron chi connectivity index (χ0n) is 10.2. The van der Waals surface area contributed by atoms with Crippen molar-refractivity contribution in [1.29, 1.82) is 0 Å². The molecule has 2 aromatic rings. The molecule has 1 aliphatic heterocycles. The quantitative estimate of drug-likeness (QED) is 0.826. The number of ether oxygens (including phenoxy) is 1. The fourth-order valence-electron chi connectivity index (χ4n) is 1.94. The second kappa shape index (κ2) is 4.97. The van der Waals surface area contributed by atoms with E-state index >= 15 is 0 Å². The van der Waals surface area contributed by atoms with E-state index in [-0.39, 0.29) is 5.91 Å². The predicted octanol–water partition coefficient (Wildman–Crippen LogP) is 2.21. The van der Waals surface area contributed by atoms with Crippen molar-refractivity contribution in [3.8, 4) is 5.88 Å². The molecule has 0 saturated carbocycles. The summed E-state index contributed by atoms with van der Waals surface area (Å²) in [4.78, 5) is 12.8. The van der Waals surface area contributed by atoms with Gasteiger partial charge >= 0.3 is 0 Å². The molecule has 2 heterocycles. The van der Waals surface area contributed by atoms with Gasteiger partial charge in [-0.1, -0.05) is 12.1 Å². The molecule has 1 aromatic heterocycles. The van der Waals surface area contributed by atoms with E-state index in [0.29, 0.717) is 23.9 Å². The number of carbonyl (C=O) groups excluding carboxylic acids is 1. The maximum Gasteiger partial charge on any atom is 0.276 e. The molecule has 1 N–H and O–H groups in total. The highest BCUT2D eigenvalue weighted by atomic mass is 32.1. The summed E-state index contributed by atoms with van der Waals surface area (Å²) in [6.07, 6.45) is 0.912. The largest absolute Gasteiger partial charge is 0.478 e. The zero-order chi connectivity index (χ0) is 13.2. The number of benzene rings is 1. The monoisotopic (exact) mass is 275 g/mol. The molecule has 0 fully saturated rings. The van der Waals surface area contributed by atoms with Gasteiger partial charge < -0.3 is 10.1 Å². The minimum atomic E-state index is -0.257. The van der Waals surface area contributed by atoms with Crippen molar-refractivity contribution in [3.63, 3.8) is 0 Å². The number of aryl methyl sites for hydroxylation is 1. The first-order valence-corrected chi connectivity index (χ1v) is 6.49. The predicted molar refractivity (Wildman–Crippen MR) is 74.0 cm³/mol. The lowest BCUT2D eigenvalue weighted by Crippen LogP contribution is -2.16. The first kappa shape index (κ1) is 12.1. The fourth-order valence-corrected chi connectivity index (χ4v) is 2.16. The van der Waals surface area contributed by atoms with Gasteiger partial charge in [-0.2, -0.15) is 5.10 Å². The van der Waals surface area contributed by atoms with Crippen molar-refractivity contribution in [1.82, 2.24) is 9.78 Å². The highest BCUT2D eigenvalue weighted by Crippen LogP contribution is 2.21. The van der Waals surface area contributed by atoms with Gasteiger partial charge in [0.1, 0.15) is 0 Å². The molecular formula is C13H13N3O2S. The number of amides is 1. The number of fused-ring (bicyclic) bond motifs is 1. The van der Waals surface area contributed by atoms with Crippen LogP contribution in [-0.2, 0) is 6.54 Å². The number of carbonyl (C=O) groups is 1. The van der Waals surface area contributed by atoms with Gasteiger partial charge in [-0.05, 0) is 12.1 Å². The van der Waals surface area contributed by atoms with E-state index < -0.39 is 0 Å². The summed E-state index contributed by atoms with van der Waals surface area (Å²) in [5, 5.41) is 7.02. The third kappa shape index (κ3) is 2.44. The van der Waals surface area contributed by atoms with Gasteiger partial charge in [0.05, 0.1) is 12.3 Å². The number of hydrogen-bond donors (Lipinski definition) is 2. The number of rotatable bonds is 2. The first-order valence-electron chi connectivity index (χ1n) is 6.04. The Hall–Kier alpha value is -1.95. The van der Waals surface area contributed by atoms with Crippen molar-refractivity contribution < 1.29 is 9.53 Å². The van der Waals surface area contributed by atoms with Crippen molar-refractivity contribution in [3.05, 3.63) is 36.0 Å². The van der Waals surface area contributed by atoms with Crippen LogP contribution in [0.3, 0.4) is 0 Å². The van der Waals surface area contributed by atoms with Crippen LogP contribution < -0.4 is 10.1 Å². The average molecular weight is 275 g/mol. The van der Waals surface area contributed by atoms with Crippen LogP contribution in [0.4, 0.5) is 5.69 Å². The molecule has 3 rings (SSSR count). The number of thiol groups is 1. The van der Waals surface area contributed by atoms with E-state index in [9.17, 15) is 4.79 Å². The van der Waals surface area contributed by atoms with Gasteiger partial charge in [-0.15, -0.1) is 12.6 Å². The van der Waals surface area contributed by atoms with E-state index in [1.165, 1.54) is 0 Å². The van der Waals surface area contributed by atoms with E-state index in [4.69, 9.17) is 4.74 Å². The molecule has 0 radical (unpaired) electrons. The van der Waals surface area contributed by atoms with Crippen LogP contribution in [0.1, 0.15) is 16.9 Å². The molecule has 0 saturated heterocycles. The second-order valence-corrected chi connectivity index (χ2v) is 4.75. The van der Waals surface area contributed by atoms with Crippen molar-refractivity contribution in [2.75, 3.05) is 11.9 Å². The zero-order valence-corrected chi connectivity index (χ0v) is 11.1. The number of anilines is 1. The number of hydrogen-bond acceptors (Lipinski definition) is 4. The maximum atomic E-state index is 12.1. The molecule has 98 valence electrons. The molecule has 19 heavy (non-hydrogen) atoms. The number of aromatic nitrogens is 2. The lowest BCUT2D eigenvalue weighted by atomic mass is 10.3. The lowest BCUT2D eigenvalue weighted by molar-refractivity contribution is 0.102. The van der Waals surface area contributed by atoms with Crippen LogP contribution in [-0.4, -0.2) is 22.3 Å². The van der Waals surface area contributed by atoms with Gasteiger partial charge in [0.25, 0.3) is 5.91 Å². The number of nitrogens with one attached hydrogen (secondary N) is 1. The molecule has 1 aromatic carbocycles. The molecule has 0 spiro atoms. The summed E-state index contributed by atoms with van der Waals surface area (Å²) in [6.45, 7) is 1.46. The summed E-state index contributed by atoms with van der Waals surface area (Å²) in [7, 11) is 0. The van der Waals surface area contributed by atoms with Crippen molar-refractivity contribution in [2.24, 2.45) is 0 Å². The number of nitrogens with zero attached hydrogens (tertiary/aromatic N) is 2. The Kier molecular flexibility index (Phi) is 3.16. The fraction of sp³-hybridized carbons (Fsp3) is 0.231. The molecule has 6 heteroatoms. The van der Waals surface area contributed by atoms with Gasteiger partial charge in [-0.25, -0.2) is 4.68 Å². The summed E-state index contributed by atoms with van der Waals surface area (Å²) < 4.78 is 7.15. The molecule has 0 unspecified atom stereocenters. The molecule has 0 bridgehead atoms. The molecular weight excluding hydrogens is 262 g/mol. The Morgan fingerprint density at radius 1 is 1.42 bits per heavy atom. The second-order valence-electron chi connectivity index (χ2n) is 4.26. The van der Waals surface area contributed by atoms with Gasteiger partial charge in [-0.3, -0.25) is 4.79 Å². The maximum absolute atomic E-state index is 12.1. The Bertz CT molecular complexity index is 601. The van der Waals surface area contributed by atoms with Crippen LogP contribution in [0.25, 0.3) is 0 Å². The summed E-state index contributed by atoms with van der Waals surface area (Å²) in [6, 6.07) is 8.99. The van der Waals surface area contributed by atoms with E-state index in [2.05, 4.69) is 23.0 Å². The normalized spacial score (nSPS) is 13.5. The minimum absolute atomic E-state index is 0.257. The van der Waals surface area contributed by atoms with Crippen LogP contribution in [0.5, 0.6) is 5.88 Å². The SMILES string of the molecule is O=C(Nc1ccccc1S)c1cc2n(n1)CCCO2. The highest BCUT2D eigenvalue weighted by molar-refractivity contribution is 7.80. The number of para-hydroxylation sites is 1. The van der Waals surface area contributed by atoms with Crippen LogP contribution >= 0.6 is 12.6 Å². The summed E-state index contributed by atoms with van der Waals surface area (Å²) in [5.74, 6) is 0.391. The van der Waals surface area contributed by atoms with E-state index in [1.54, 1.807) is 16.8 Å². The summed E-state index contributed by atoms with van der Waals surface area (Å²) >= 11 is 4.29. The Morgan fingerprint density at radius 3 is 3.05 bits per heavy atom. The van der Waals surface area contributed by atoms with Gasteiger partial charge in [0.15, 0.2) is 5.69 Å². The molecule has 5 nitrogen and oxygen atoms in total. The molecule has 1 amide bonds. The van der Waals surface area contributed by atoms with Crippen LogP contribution in [0, 0.1) is 0 Å². The standard InChI is InChI=1S/C13H13N3O2S/c17-13(14-9-4-1-2-5-11(9)19)10-8-12-16(15-10)6-3-7-18-12/h1-2,4-5,8,19H,3,6-7H2,(H,14,17). The third-order valence-corrected chi connectivity index (χ3v) is 3.28. The van der Waals surface area contributed by atoms with Crippen LogP contribution in [0.2, 0.25) is 0 Å². The average Bonchev–Trinajstić information content (AvgIpc) is 2.85. The van der Waals surface area contributed by atoms with Gasteiger partial charge in [0, 0.05) is 23.9 Å². The highest BCUT2D eigenvalue weighted by Gasteiger charge is 2.18. The molecule has 0 aliphatic carbocycles. The van der Waals surface area contributed by atoms with E-state index in [0.717, 1.165) is 17.9 Å². The van der Waals surface area contributed by atoms with Gasteiger partial charge in [0.2, 0.25) is 5.88 Å². The van der Waals surface area contributed by atoms with Crippen molar-refractivity contribution in [2.45, 2.75) is 17.9 Å².